The summed E-state index contributed by atoms with van der Waals surface area (Å²) in [4.78, 5) is 0. The van der Waals surface area contributed by atoms with Crippen LogP contribution < -0.4 is 5.32 Å². The van der Waals surface area contributed by atoms with E-state index in [4.69, 9.17) is 0 Å². The molecule has 1 N–H and O–H groups in total. The smallest absolute Gasteiger partial charge is 0.279 e. The van der Waals surface area contributed by atoms with Gasteiger partial charge in [0.05, 0.1) is 0 Å². The molecule has 1 aliphatic heterocycles. The number of alkyl halides is 3. The molecule has 4 heteroatoms. The highest BCUT2D eigenvalue weighted by Gasteiger charge is 2.40. The molecule has 0 aromatic carbocycles. The first-order chi connectivity index (χ1) is 4.63. The van der Waals surface area contributed by atoms with Gasteiger partial charge in [-0.3, -0.25) is 0 Å². The van der Waals surface area contributed by atoms with Crippen molar-refractivity contribution in [2.24, 2.45) is 0 Å². The number of nitrogens with one attached hydrogen (secondary N) is 1. The fourth-order valence-electron chi connectivity index (χ4n) is 0.977. The third kappa shape index (κ3) is 1.62. The van der Waals surface area contributed by atoms with Crippen LogP contribution in [0.3, 0.4) is 0 Å². The third-order valence-electron chi connectivity index (χ3n) is 1.67. The lowest BCUT2D eigenvalue weighted by molar-refractivity contribution is -0.0732. The van der Waals surface area contributed by atoms with Crippen LogP contribution in [0.25, 0.3) is 0 Å². The van der Waals surface area contributed by atoms with E-state index in [2.05, 4.69) is 5.32 Å². The quantitative estimate of drug-likeness (QED) is 0.553. The molecule has 1 heterocycles. The van der Waals surface area contributed by atoms with E-state index in [0.29, 0.717) is 6.54 Å². The van der Waals surface area contributed by atoms with Crippen LogP contribution in [0.4, 0.5) is 13.2 Å². The molecule has 0 aromatic rings. The Labute approximate surface area is 57.6 Å². The summed E-state index contributed by atoms with van der Waals surface area (Å²) in [6, 6.07) is 0. The first-order valence-corrected chi connectivity index (χ1v) is 3.35. The molecule has 0 spiro atoms. The maximum Gasteiger partial charge on any atom is 0.279 e. The van der Waals surface area contributed by atoms with Crippen molar-refractivity contribution in [3.8, 4) is 0 Å². The molecule has 1 nitrogen and oxygen atoms in total. The van der Waals surface area contributed by atoms with E-state index in [0.717, 1.165) is 0 Å². The van der Waals surface area contributed by atoms with Crippen LogP contribution in [0.1, 0.15) is 12.8 Å². The minimum Gasteiger partial charge on any atom is -0.316 e. The second-order valence-electron chi connectivity index (χ2n) is 2.52. The predicted molar refractivity (Wildman–Crippen MR) is 31.9 cm³/mol. The van der Waals surface area contributed by atoms with Crippen LogP contribution in [-0.4, -0.2) is 25.2 Å². The number of hydrogen-bond donors (Lipinski definition) is 1. The first kappa shape index (κ1) is 7.85. The summed E-state index contributed by atoms with van der Waals surface area (Å²) in [5.41, 5.74) is 0. The van der Waals surface area contributed by atoms with E-state index in [1.807, 2.05) is 0 Å². The Morgan fingerprint density at radius 1 is 1.30 bits per heavy atom. The fourth-order valence-corrected chi connectivity index (χ4v) is 0.977. The van der Waals surface area contributed by atoms with E-state index in [1.165, 1.54) is 0 Å². The predicted octanol–water partition coefficient (Wildman–Crippen LogP) is 1.34. The fraction of sp³-hybridized carbons (Fsp3) is 1.00. The van der Waals surface area contributed by atoms with Gasteiger partial charge in [0.25, 0.3) is 5.92 Å². The molecule has 1 fully saturated rings. The van der Waals surface area contributed by atoms with Crippen LogP contribution in [0.5, 0.6) is 0 Å². The maximum atomic E-state index is 12.4. The number of halogens is 3. The van der Waals surface area contributed by atoms with Crippen molar-refractivity contribution in [2.75, 3.05) is 13.1 Å². The van der Waals surface area contributed by atoms with Gasteiger partial charge in [-0.05, 0) is 13.0 Å². The van der Waals surface area contributed by atoms with Gasteiger partial charge >= 0.3 is 0 Å². The minimum absolute atomic E-state index is 0.0764. The Morgan fingerprint density at radius 2 is 2.00 bits per heavy atom. The minimum atomic E-state index is -3.11. The molecule has 1 saturated heterocycles. The highest BCUT2D eigenvalue weighted by atomic mass is 19.3. The standard InChI is InChI=1S/C6H10F3N/c7-5-1-3-10-4-2-6(5,8)9/h5,10H,1-4H2/t5-/m1/s1. The van der Waals surface area contributed by atoms with Crippen molar-refractivity contribution < 1.29 is 13.2 Å². The van der Waals surface area contributed by atoms with Gasteiger partial charge in [0.2, 0.25) is 0 Å². The molecule has 1 rings (SSSR count). The maximum absolute atomic E-state index is 12.4. The third-order valence-corrected chi connectivity index (χ3v) is 1.67. The zero-order chi connectivity index (χ0) is 7.61. The summed E-state index contributed by atoms with van der Waals surface area (Å²) in [7, 11) is 0. The number of rotatable bonds is 0. The Morgan fingerprint density at radius 3 is 2.70 bits per heavy atom. The van der Waals surface area contributed by atoms with Crippen molar-refractivity contribution in [1.29, 1.82) is 0 Å². The molecule has 10 heavy (non-hydrogen) atoms. The van der Waals surface area contributed by atoms with Gasteiger partial charge in [-0.25, -0.2) is 13.2 Å². The molecule has 0 saturated carbocycles. The topological polar surface area (TPSA) is 12.0 Å². The summed E-state index contributed by atoms with van der Waals surface area (Å²) in [6.45, 7) is 0.574. The molecular weight excluding hydrogens is 143 g/mol. The van der Waals surface area contributed by atoms with E-state index in [9.17, 15) is 13.2 Å². The zero-order valence-corrected chi connectivity index (χ0v) is 5.54. The zero-order valence-electron chi connectivity index (χ0n) is 5.54. The molecule has 0 aromatic heterocycles. The second kappa shape index (κ2) is 2.78. The largest absolute Gasteiger partial charge is 0.316 e. The molecular formula is C6H10F3N. The Balaban J connectivity index is 2.52. The van der Waals surface area contributed by atoms with Gasteiger partial charge in [0.1, 0.15) is 0 Å². The summed E-state index contributed by atoms with van der Waals surface area (Å²) in [5.74, 6) is -3.11. The normalized spacial score (nSPS) is 33.3. The molecule has 1 aliphatic rings. The molecule has 1 atom stereocenters. The van der Waals surface area contributed by atoms with Gasteiger partial charge in [-0.2, -0.15) is 0 Å². The lowest BCUT2D eigenvalue weighted by Gasteiger charge is -2.16. The van der Waals surface area contributed by atoms with Gasteiger partial charge in [-0.1, -0.05) is 0 Å². The van der Waals surface area contributed by atoms with Gasteiger partial charge in [-0.15, -0.1) is 0 Å². The molecule has 60 valence electrons. The van der Waals surface area contributed by atoms with E-state index < -0.39 is 12.1 Å². The van der Waals surface area contributed by atoms with E-state index >= 15 is 0 Å². The Hall–Kier alpha value is -0.250. The molecule has 0 radical (unpaired) electrons. The molecule has 0 amide bonds. The van der Waals surface area contributed by atoms with Crippen LogP contribution in [0.2, 0.25) is 0 Å². The van der Waals surface area contributed by atoms with Crippen LogP contribution in [0, 0.1) is 0 Å². The van der Waals surface area contributed by atoms with Crippen LogP contribution >= 0.6 is 0 Å². The lowest BCUT2D eigenvalue weighted by atomic mass is 10.1. The average molecular weight is 153 g/mol. The van der Waals surface area contributed by atoms with Crippen LogP contribution in [0.15, 0.2) is 0 Å². The monoisotopic (exact) mass is 153 g/mol. The Kier molecular flexibility index (Phi) is 2.18. The summed E-state index contributed by atoms with van der Waals surface area (Å²) in [5, 5.41) is 2.71. The van der Waals surface area contributed by atoms with E-state index in [-0.39, 0.29) is 19.4 Å². The highest BCUT2D eigenvalue weighted by molar-refractivity contribution is 4.81. The highest BCUT2D eigenvalue weighted by Crippen LogP contribution is 2.28. The van der Waals surface area contributed by atoms with Gasteiger partial charge < -0.3 is 5.32 Å². The van der Waals surface area contributed by atoms with Crippen molar-refractivity contribution in [3.05, 3.63) is 0 Å². The van der Waals surface area contributed by atoms with Crippen molar-refractivity contribution in [2.45, 2.75) is 24.9 Å². The summed E-state index contributed by atoms with van der Waals surface area (Å²) in [6.07, 6.45) is -2.41. The van der Waals surface area contributed by atoms with Crippen molar-refractivity contribution in [1.82, 2.24) is 5.32 Å². The first-order valence-electron chi connectivity index (χ1n) is 3.35. The lowest BCUT2D eigenvalue weighted by Crippen LogP contribution is -2.29. The van der Waals surface area contributed by atoms with Crippen molar-refractivity contribution >= 4 is 0 Å². The summed E-state index contributed by atoms with van der Waals surface area (Å²) < 4.78 is 37.3. The number of hydrogen-bond acceptors (Lipinski definition) is 1. The molecule has 0 bridgehead atoms. The Bertz CT molecular complexity index is 116. The van der Waals surface area contributed by atoms with Crippen molar-refractivity contribution in [3.63, 3.8) is 0 Å². The molecule has 0 unspecified atom stereocenters. The second-order valence-corrected chi connectivity index (χ2v) is 2.52. The van der Waals surface area contributed by atoms with Gasteiger partial charge in [0, 0.05) is 13.0 Å². The molecule has 0 aliphatic carbocycles. The average Bonchev–Trinajstić information content (AvgIpc) is 1.96. The van der Waals surface area contributed by atoms with Gasteiger partial charge in [0.15, 0.2) is 6.17 Å². The summed E-state index contributed by atoms with van der Waals surface area (Å²) >= 11 is 0. The van der Waals surface area contributed by atoms with E-state index in [1.54, 1.807) is 0 Å². The SMILES string of the molecule is F[C@@H]1CCNCCC1(F)F. The van der Waals surface area contributed by atoms with Crippen LogP contribution in [-0.2, 0) is 0 Å².